The number of methoxy groups -OCH3 is 1. The lowest BCUT2D eigenvalue weighted by molar-refractivity contribution is 0.413. The van der Waals surface area contributed by atoms with E-state index < -0.39 is 0 Å². The van der Waals surface area contributed by atoms with Gasteiger partial charge in [0.15, 0.2) is 0 Å². The molecule has 0 aliphatic heterocycles. The summed E-state index contributed by atoms with van der Waals surface area (Å²) in [7, 11) is 1.64. The summed E-state index contributed by atoms with van der Waals surface area (Å²) in [6.45, 7) is 1.98. The Morgan fingerprint density at radius 3 is 2.63 bits per heavy atom. The molecule has 19 heavy (non-hydrogen) atoms. The van der Waals surface area contributed by atoms with Crippen LogP contribution in [-0.2, 0) is 0 Å². The minimum Gasteiger partial charge on any atom is -0.497 e. The summed E-state index contributed by atoms with van der Waals surface area (Å²) in [5.41, 5.74) is 5.81. The van der Waals surface area contributed by atoms with Gasteiger partial charge in [-0.15, -0.1) is 0 Å². The minimum absolute atomic E-state index is 0.164. The molecule has 0 saturated carbocycles. The minimum atomic E-state index is -0.164. The first-order chi connectivity index (χ1) is 9.17. The molecule has 100 valence electrons. The van der Waals surface area contributed by atoms with E-state index in [0.717, 1.165) is 27.5 Å². The van der Waals surface area contributed by atoms with Gasteiger partial charge in [0.1, 0.15) is 5.75 Å². The van der Waals surface area contributed by atoms with Crippen molar-refractivity contribution >= 4 is 11.6 Å². The molecule has 0 radical (unpaired) electrons. The molecular formula is C15H17ClN2O. The first-order valence-corrected chi connectivity index (χ1v) is 6.40. The van der Waals surface area contributed by atoms with Crippen molar-refractivity contribution in [3.05, 3.63) is 64.2 Å². The third kappa shape index (κ3) is 2.89. The second-order valence-corrected chi connectivity index (χ2v) is 4.73. The number of hydrogen-bond acceptors (Lipinski definition) is 3. The van der Waals surface area contributed by atoms with E-state index in [0.29, 0.717) is 0 Å². The van der Waals surface area contributed by atoms with Crippen LogP contribution in [0.2, 0.25) is 5.02 Å². The van der Waals surface area contributed by atoms with Crippen LogP contribution >= 0.6 is 11.6 Å². The number of ether oxygens (including phenoxy) is 1. The average Bonchev–Trinajstić information content (AvgIpc) is 2.44. The summed E-state index contributed by atoms with van der Waals surface area (Å²) >= 11 is 6.36. The summed E-state index contributed by atoms with van der Waals surface area (Å²) in [5.74, 6) is 6.49. The Morgan fingerprint density at radius 1 is 1.21 bits per heavy atom. The molecule has 0 heterocycles. The molecule has 0 saturated heterocycles. The molecule has 4 heteroatoms. The Hall–Kier alpha value is -1.55. The number of nitrogens with two attached hydrogens (primary N) is 1. The van der Waals surface area contributed by atoms with Gasteiger partial charge in [-0.05, 0) is 35.7 Å². The molecule has 0 bridgehead atoms. The summed E-state index contributed by atoms with van der Waals surface area (Å²) < 4.78 is 5.24. The third-order valence-electron chi connectivity index (χ3n) is 3.13. The van der Waals surface area contributed by atoms with E-state index in [-0.39, 0.29) is 6.04 Å². The first-order valence-electron chi connectivity index (χ1n) is 6.02. The van der Waals surface area contributed by atoms with Crippen LogP contribution in [-0.4, -0.2) is 7.11 Å². The van der Waals surface area contributed by atoms with Crippen LogP contribution in [0.15, 0.2) is 42.5 Å². The molecule has 0 aliphatic rings. The SMILES string of the molecule is COc1cccc(C(NN)c2cccc(C)c2Cl)c1. The number of hydrazine groups is 1. The second-order valence-electron chi connectivity index (χ2n) is 4.35. The van der Waals surface area contributed by atoms with Gasteiger partial charge in [-0.25, -0.2) is 5.43 Å². The maximum Gasteiger partial charge on any atom is 0.119 e. The maximum absolute atomic E-state index is 6.36. The number of nitrogens with one attached hydrogen (secondary N) is 1. The molecular weight excluding hydrogens is 260 g/mol. The smallest absolute Gasteiger partial charge is 0.119 e. The van der Waals surface area contributed by atoms with Crippen LogP contribution in [0.4, 0.5) is 0 Å². The molecule has 2 rings (SSSR count). The third-order valence-corrected chi connectivity index (χ3v) is 3.64. The van der Waals surface area contributed by atoms with E-state index in [4.69, 9.17) is 22.2 Å². The summed E-state index contributed by atoms with van der Waals surface area (Å²) in [6, 6.07) is 13.5. The molecule has 0 spiro atoms. The standard InChI is InChI=1S/C15H17ClN2O/c1-10-5-3-8-13(14(10)16)15(18-17)11-6-4-7-12(9-11)19-2/h3-9,15,18H,17H2,1-2H3. The maximum atomic E-state index is 6.36. The Kier molecular flexibility index (Phi) is 4.43. The second kappa shape index (κ2) is 6.06. The Labute approximate surface area is 118 Å². The first kappa shape index (κ1) is 13.9. The van der Waals surface area contributed by atoms with E-state index in [1.807, 2.05) is 49.4 Å². The zero-order valence-electron chi connectivity index (χ0n) is 11.0. The molecule has 0 aromatic heterocycles. The fraction of sp³-hybridized carbons (Fsp3) is 0.200. The molecule has 0 fully saturated rings. The largest absolute Gasteiger partial charge is 0.497 e. The van der Waals surface area contributed by atoms with E-state index in [1.54, 1.807) is 7.11 Å². The van der Waals surface area contributed by atoms with E-state index in [2.05, 4.69) is 5.43 Å². The number of benzene rings is 2. The van der Waals surface area contributed by atoms with E-state index >= 15 is 0 Å². The van der Waals surface area contributed by atoms with Crippen LogP contribution in [0, 0.1) is 6.92 Å². The zero-order valence-corrected chi connectivity index (χ0v) is 11.7. The number of halogens is 1. The highest BCUT2D eigenvalue weighted by Gasteiger charge is 2.16. The van der Waals surface area contributed by atoms with Gasteiger partial charge < -0.3 is 4.74 Å². The number of aryl methyl sites for hydroxylation is 1. The van der Waals surface area contributed by atoms with Crippen LogP contribution in [0.3, 0.4) is 0 Å². The molecule has 0 aliphatic carbocycles. The Morgan fingerprint density at radius 2 is 1.95 bits per heavy atom. The van der Waals surface area contributed by atoms with Crippen molar-refractivity contribution in [2.75, 3.05) is 7.11 Å². The average molecular weight is 277 g/mol. The topological polar surface area (TPSA) is 47.3 Å². The molecule has 0 amide bonds. The fourth-order valence-corrected chi connectivity index (χ4v) is 2.31. The van der Waals surface area contributed by atoms with Crippen molar-refractivity contribution in [2.45, 2.75) is 13.0 Å². The van der Waals surface area contributed by atoms with E-state index in [1.165, 1.54) is 0 Å². The van der Waals surface area contributed by atoms with Gasteiger partial charge in [0, 0.05) is 5.02 Å². The van der Waals surface area contributed by atoms with Crippen molar-refractivity contribution in [2.24, 2.45) is 5.84 Å². The molecule has 1 unspecified atom stereocenters. The highest BCUT2D eigenvalue weighted by molar-refractivity contribution is 6.32. The lowest BCUT2D eigenvalue weighted by atomic mass is 9.97. The van der Waals surface area contributed by atoms with Gasteiger partial charge in [0.25, 0.3) is 0 Å². The highest BCUT2D eigenvalue weighted by atomic mass is 35.5. The lowest BCUT2D eigenvalue weighted by Crippen LogP contribution is -2.29. The molecule has 3 N–H and O–H groups in total. The zero-order chi connectivity index (χ0) is 13.8. The monoisotopic (exact) mass is 276 g/mol. The molecule has 2 aromatic carbocycles. The van der Waals surface area contributed by atoms with Crippen molar-refractivity contribution in [3.8, 4) is 5.75 Å². The fourth-order valence-electron chi connectivity index (χ4n) is 2.08. The van der Waals surface area contributed by atoms with Crippen molar-refractivity contribution in [1.82, 2.24) is 5.43 Å². The summed E-state index contributed by atoms with van der Waals surface area (Å²) in [5, 5.41) is 0.730. The number of rotatable bonds is 4. The van der Waals surface area contributed by atoms with Gasteiger partial charge in [-0.2, -0.15) is 0 Å². The van der Waals surface area contributed by atoms with Gasteiger partial charge in [0.2, 0.25) is 0 Å². The van der Waals surface area contributed by atoms with Gasteiger partial charge >= 0.3 is 0 Å². The van der Waals surface area contributed by atoms with Crippen LogP contribution in [0.1, 0.15) is 22.7 Å². The van der Waals surface area contributed by atoms with E-state index in [9.17, 15) is 0 Å². The summed E-state index contributed by atoms with van der Waals surface area (Å²) in [4.78, 5) is 0. The van der Waals surface area contributed by atoms with Crippen LogP contribution in [0.25, 0.3) is 0 Å². The van der Waals surface area contributed by atoms with Crippen LogP contribution < -0.4 is 16.0 Å². The van der Waals surface area contributed by atoms with Crippen molar-refractivity contribution in [1.29, 1.82) is 0 Å². The Balaban J connectivity index is 2.46. The van der Waals surface area contributed by atoms with Gasteiger partial charge in [-0.1, -0.05) is 41.9 Å². The van der Waals surface area contributed by atoms with Crippen LogP contribution in [0.5, 0.6) is 5.75 Å². The molecule has 2 aromatic rings. The molecule has 3 nitrogen and oxygen atoms in total. The normalized spacial score (nSPS) is 12.2. The van der Waals surface area contributed by atoms with Crippen molar-refractivity contribution < 1.29 is 4.74 Å². The van der Waals surface area contributed by atoms with Gasteiger partial charge in [-0.3, -0.25) is 5.84 Å². The van der Waals surface area contributed by atoms with Gasteiger partial charge in [0.05, 0.1) is 13.2 Å². The predicted octanol–water partition coefficient (Wildman–Crippen LogP) is 3.21. The molecule has 1 atom stereocenters. The lowest BCUT2D eigenvalue weighted by Gasteiger charge is -2.19. The highest BCUT2D eigenvalue weighted by Crippen LogP contribution is 2.31. The Bertz CT molecular complexity index is 572. The quantitative estimate of drug-likeness (QED) is 0.666. The predicted molar refractivity (Wildman–Crippen MR) is 78.3 cm³/mol. The summed E-state index contributed by atoms with van der Waals surface area (Å²) in [6.07, 6.45) is 0. The number of hydrogen-bond donors (Lipinski definition) is 2. The van der Waals surface area contributed by atoms with Crippen molar-refractivity contribution in [3.63, 3.8) is 0 Å².